The highest BCUT2D eigenvalue weighted by atomic mass is 79.9. The Morgan fingerprint density at radius 1 is 1.38 bits per heavy atom. The Morgan fingerprint density at radius 3 is 2.81 bits per heavy atom. The van der Waals surface area contributed by atoms with E-state index in [4.69, 9.17) is 0 Å². The molecular weight excluding hydrogens is 376 g/mol. The molecule has 110 valence electrons. The van der Waals surface area contributed by atoms with Gasteiger partial charge in [-0.25, -0.2) is 13.4 Å². The van der Waals surface area contributed by atoms with Crippen molar-refractivity contribution in [2.45, 2.75) is 11.8 Å². The van der Waals surface area contributed by atoms with Gasteiger partial charge in [-0.2, -0.15) is 5.10 Å². The average Bonchev–Trinajstić information content (AvgIpc) is 2.93. The van der Waals surface area contributed by atoms with Crippen LogP contribution in [0.15, 0.2) is 33.8 Å². The molecule has 0 spiro atoms. The lowest BCUT2D eigenvalue weighted by atomic mass is 10.3. The molecule has 21 heavy (non-hydrogen) atoms. The first-order valence-corrected chi connectivity index (χ1v) is 9.03. The van der Waals surface area contributed by atoms with Crippen LogP contribution in [-0.4, -0.2) is 23.2 Å². The van der Waals surface area contributed by atoms with Gasteiger partial charge in [0, 0.05) is 11.5 Å². The summed E-state index contributed by atoms with van der Waals surface area (Å²) in [6.45, 7) is 1.71. The molecule has 0 radical (unpaired) electrons. The Morgan fingerprint density at radius 2 is 2.14 bits per heavy atom. The molecule has 0 saturated carbocycles. The van der Waals surface area contributed by atoms with Crippen LogP contribution in [0.25, 0.3) is 10.2 Å². The number of benzene rings is 1. The average molecular weight is 387 g/mol. The number of sulfonamides is 1. The molecule has 0 aliphatic heterocycles. The summed E-state index contributed by atoms with van der Waals surface area (Å²) in [6, 6.07) is 5.61. The van der Waals surface area contributed by atoms with E-state index in [1.54, 1.807) is 14.0 Å². The number of rotatable bonds is 3. The molecule has 6 nitrogen and oxygen atoms in total. The molecule has 0 amide bonds. The van der Waals surface area contributed by atoms with Gasteiger partial charge in [-0.05, 0) is 25.1 Å². The molecule has 1 aromatic carbocycles. The summed E-state index contributed by atoms with van der Waals surface area (Å²) in [5.74, 6) is 0. The van der Waals surface area contributed by atoms with Crippen LogP contribution < -0.4 is 4.72 Å². The van der Waals surface area contributed by atoms with Crippen LogP contribution in [0, 0.1) is 6.92 Å². The number of fused-ring (bicyclic) bond motifs is 1. The zero-order valence-electron chi connectivity index (χ0n) is 11.2. The van der Waals surface area contributed by atoms with Crippen molar-refractivity contribution in [2.24, 2.45) is 7.05 Å². The van der Waals surface area contributed by atoms with E-state index in [-0.39, 0.29) is 4.90 Å². The Labute approximate surface area is 134 Å². The maximum Gasteiger partial charge on any atom is 0.267 e. The molecular formula is C12H11BrN4O2S2. The third kappa shape index (κ3) is 2.68. The van der Waals surface area contributed by atoms with Gasteiger partial charge in [0.1, 0.15) is 4.90 Å². The molecule has 0 aliphatic carbocycles. The van der Waals surface area contributed by atoms with Crippen molar-refractivity contribution in [3.63, 3.8) is 0 Å². The van der Waals surface area contributed by atoms with Crippen LogP contribution in [0.2, 0.25) is 0 Å². The van der Waals surface area contributed by atoms with Gasteiger partial charge < -0.3 is 0 Å². The summed E-state index contributed by atoms with van der Waals surface area (Å²) >= 11 is 4.67. The highest BCUT2D eigenvalue weighted by molar-refractivity contribution is 9.10. The van der Waals surface area contributed by atoms with Crippen LogP contribution in [0.4, 0.5) is 5.13 Å². The highest BCUT2D eigenvalue weighted by Crippen LogP contribution is 2.30. The first-order valence-electron chi connectivity index (χ1n) is 5.94. The number of aryl methyl sites for hydroxylation is 1. The predicted octanol–water partition coefficient (Wildman–Crippen LogP) is 2.90. The third-order valence-electron chi connectivity index (χ3n) is 3.05. The van der Waals surface area contributed by atoms with Gasteiger partial charge in [0.2, 0.25) is 0 Å². The fourth-order valence-corrected chi connectivity index (χ4v) is 4.71. The first kappa shape index (κ1) is 14.5. The zero-order valence-corrected chi connectivity index (χ0v) is 14.4. The monoisotopic (exact) mass is 386 g/mol. The van der Waals surface area contributed by atoms with E-state index in [9.17, 15) is 8.42 Å². The Balaban J connectivity index is 1.99. The van der Waals surface area contributed by atoms with E-state index in [1.807, 2.05) is 18.2 Å². The van der Waals surface area contributed by atoms with Crippen LogP contribution in [-0.2, 0) is 17.1 Å². The van der Waals surface area contributed by atoms with Crippen LogP contribution in [0.5, 0.6) is 0 Å². The number of aromatic nitrogens is 3. The largest absolute Gasteiger partial charge is 0.272 e. The molecule has 0 atom stereocenters. The second kappa shape index (κ2) is 5.08. The summed E-state index contributed by atoms with van der Waals surface area (Å²) < 4.78 is 30.6. The second-order valence-electron chi connectivity index (χ2n) is 4.45. The summed E-state index contributed by atoms with van der Waals surface area (Å²) in [6.07, 6.45) is 1.33. The van der Waals surface area contributed by atoms with Crippen LogP contribution in [0.1, 0.15) is 5.69 Å². The van der Waals surface area contributed by atoms with Crippen molar-refractivity contribution in [3.8, 4) is 0 Å². The predicted molar refractivity (Wildman–Crippen MR) is 86.1 cm³/mol. The van der Waals surface area contributed by atoms with Gasteiger partial charge in [0.15, 0.2) is 5.13 Å². The van der Waals surface area contributed by atoms with Gasteiger partial charge >= 0.3 is 0 Å². The summed E-state index contributed by atoms with van der Waals surface area (Å²) in [4.78, 5) is 4.44. The van der Waals surface area contributed by atoms with Gasteiger partial charge in [-0.1, -0.05) is 27.3 Å². The lowest BCUT2D eigenvalue weighted by Gasteiger charge is -2.03. The molecule has 3 aromatic rings. The summed E-state index contributed by atoms with van der Waals surface area (Å²) in [5, 5.41) is 4.29. The topological polar surface area (TPSA) is 76.9 Å². The highest BCUT2D eigenvalue weighted by Gasteiger charge is 2.21. The molecule has 0 fully saturated rings. The van der Waals surface area contributed by atoms with E-state index in [2.05, 4.69) is 30.7 Å². The second-order valence-corrected chi connectivity index (χ2v) is 8.05. The minimum Gasteiger partial charge on any atom is -0.272 e. The van der Waals surface area contributed by atoms with Crippen molar-refractivity contribution in [3.05, 3.63) is 34.6 Å². The van der Waals surface area contributed by atoms with Gasteiger partial charge in [0.05, 0.1) is 22.1 Å². The summed E-state index contributed by atoms with van der Waals surface area (Å²) in [7, 11) is -1.98. The van der Waals surface area contributed by atoms with Crippen molar-refractivity contribution in [2.75, 3.05) is 4.72 Å². The number of hydrogen-bond donors (Lipinski definition) is 1. The smallest absolute Gasteiger partial charge is 0.267 e. The molecule has 0 bridgehead atoms. The van der Waals surface area contributed by atoms with E-state index in [0.717, 1.165) is 14.7 Å². The van der Waals surface area contributed by atoms with Crippen molar-refractivity contribution < 1.29 is 8.42 Å². The van der Waals surface area contributed by atoms with E-state index in [1.165, 1.54) is 22.2 Å². The number of nitrogens with zero attached hydrogens (tertiary/aromatic N) is 3. The molecule has 9 heteroatoms. The lowest BCUT2D eigenvalue weighted by molar-refractivity contribution is 0.600. The molecule has 0 unspecified atom stereocenters. The maximum atomic E-state index is 12.4. The van der Waals surface area contributed by atoms with Crippen LogP contribution in [0.3, 0.4) is 0 Å². The number of anilines is 1. The van der Waals surface area contributed by atoms with E-state index < -0.39 is 10.0 Å². The lowest BCUT2D eigenvalue weighted by Crippen LogP contribution is -2.13. The van der Waals surface area contributed by atoms with Crippen LogP contribution >= 0.6 is 27.3 Å². The molecule has 2 aromatic heterocycles. The minimum atomic E-state index is -3.68. The SMILES string of the molecule is Cc1c(S(=O)(=O)Nc2nc3ccc(Br)cc3s2)cnn1C. The number of nitrogens with one attached hydrogen (secondary N) is 1. The van der Waals surface area contributed by atoms with Crippen molar-refractivity contribution in [1.82, 2.24) is 14.8 Å². The molecule has 0 aliphatic rings. The number of hydrogen-bond acceptors (Lipinski definition) is 5. The van der Waals surface area contributed by atoms with Crippen molar-refractivity contribution >= 4 is 52.6 Å². The Hall–Kier alpha value is -1.45. The van der Waals surface area contributed by atoms with E-state index in [0.29, 0.717) is 10.8 Å². The minimum absolute atomic E-state index is 0.158. The third-order valence-corrected chi connectivity index (χ3v) is 6.05. The quantitative estimate of drug-likeness (QED) is 0.750. The van der Waals surface area contributed by atoms with Gasteiger partial charge in [-0.3, -0.25) is 9.40 Å². The van der Waals surface area contributed by atoms with E-state index >= 15 is 0 Å². The molecule has 1 N–H and O–H groups in total. The fraction of sp³-hybridized carbons (Fsp3) is 0.167. The Kier molecular flexibility index (Phi) is 3.50. The number of halogens is 1. The fourth-order valence-electron chi connectivity index (χ4n) is 1.85. The summed E-state index contributed by atoms with van der Waals surface area (Å²) in [5.41, 5.74) is 1.33. The zero-order chi connectivity index (χ0) is 15.2. The normalized spacial score (nSPS) is 12.0. The Bertz CT molecular complexity index is 930. The molecule has 2 heterocycles. The number of thiazole rings is 1. The van der Waals surface area contributed by atoms with Gasteiger partial charge in [-0.15, -0.1) is 0 Å². The standard InChI is InChI=1S/C12H11BrN4O2S2/c1-7-11(6-14-17(7)2)21(18,19)16-12-15-9-4-3-8(13)5-10(9)20-12/h3-6H,1-2H3,(H,15,16). The molecule has 3 rings (SSSR count). The van der Waals surface area contributed by atoms with Gasteiger partial charge in [0.25, 0.3) is 10.0 Å². The first-order chi connectivity index (χ1) is 9.87. The van der Waals surface area contributed by atoms with Crippen molar-refractivity contribution in [1.29, 1.82) is 0 Å². The maximum absolute atomic E-state index is 12.4. The molecule has 0 saturated heterocycles.